The van der Waals surface area contributed by atoms with E-state index in [0.717, 1.165) is 12.1 Å². The molecule has 10 heteroatoms. The molecule has 4 N–H and O–H groups in total. The van der Waals surface area contributed by atoms with Gasteiger partial charge < -0.3 is 11.5 Å². The van der Waals surface area contributed by atoms with Crippen LogP contribution in [0.2, 0.25) is 0 Å². The van der Waals surface area contributed by atoms with Gasteiger partial charge in [-0.3, -0.25) is 0 Å². The summed E-state index contributed by atoms with van der Waals surface area (Å²) in [6, 6.07) is 8.91. The van der Waals surface area contributed by atoms with E-state index in [1.165, 1.54) is 10.9 Å². The highest BCUT2D eigenvalue weighted by Gasteiger charge is 2.18. The number of pyridine rings is 1. The number of aromatic nitrogens is 5. The van der Waals surface area contributed by atoms with Crippen molar-refractivity contribution in [3.05, 3.63) is 59.4 Å². The molecule has 30 heavy (non-hydrogen) atoms. The lowest BCUT2D eigenvalue weighted by molar-refractivity contribution is 0.537. The molecule has 0 amide bonds. The maximum Gasteiger partial charge on any atom is 0.222 e. The molecule has 4 aromatic rings. The first-order valence-electron chi connectivity index (χ1n) is 9.06. The van der Waals surface area contributed by atoms with Crippen LogP contribution < -0.4 is 11.5 Å². The highest BCUT2D eigenvalue weighted by Crippen LogP contribution is 2.27. The lowest BCUT2D eigenvalue weighted by atomic mass is 10.1. The van der Waals surface area contributed by atoms with Gasteiger partial charge in [0.1, 0.15) is 29.1 Å². The summed E-state index contributed by atoms with van der Waals surface area (Å²) in [6.07, 6.45) is 1.46. The van der Waals surface area contributed by atoms with Gasteiger partial charge in [-0.15, -0.1) is 0 Å². The van der Waals surface area contributed by atoms with Gasteiger partial charge >= 0.3 is 0 Å². The molecular weight excluding hydrogens is 390 g/mol. The zero-order valence-electron chi connectivity index (χ0n) is 16.3. The van der Waals surface area contributed by atoms with E-state index in [4.69, 9.17) is 16.7 Å². The zero-order valence-corrected chi connectivity index (χ0v) is 16.3. The molecule has 1 aromatic carbocycles. The van der Waals surface area contributed by atoms with Crippen molar-refractivity contribution < 1.29 is 8.78 Å². The van der Waals surface area contributed by atoms with Crippen molar-refractivity contribution in [2.75, 3.05) is 11.5 Å². The fourth-order valence-corrected chi connectivity index (χ4v) is 2.84. The van der Waals surface area contributed by atoms with Crippen molar-refractivity contribution in [3.8, 4) is 17.5 Å². The molecule has 0 aliphatic carbocycles. The van der Waals surface area contributed by atoms with Crippen molar-refractivity contribution in [1.29, 1.82) is 5.26 Å². The number of nitrogens with zero attached hydrogens (tertiary/aromatic N) is 6. The Hall–Kier alpha value is -4.13. The van der Waals surface area contributed by atoms with E-state index in [2.05, 4.69) is 20.1 Å². The molecule has 0 saturated carbocycles. The Morgan fingerprint density at radius 2 is 1.77 bits per heavy atom. The Balaban J connectivity index is 0.00000124. The first-order valence-corrected chi connectivity index (χ1v) is 9.06. The predicted octanol–water partition coefficient (Wildman–Crippen LogP) is 3.28. The number of nitrogens with two attached hydrogens (primary N) is 2. The van der Waals surface area contributed by atoms with Gasteiger partial charge in [0, 0.05) is 11.3 Å². The quantitative estimate of drug-likeness (QED) is 0.497. The Bertz CT molecular complexity index is 1240. The van der Waals surface area contributed by atoms with Gasteiger partial charge in [-0.25, -0.2) is 23.4 Å². The van der Waals surface area contributed by atoms with Crippen LogP contribution >= 0.6 is 0 Å². The second-order valence-electron chi connectivity index (χ2n) is 5.95. The number of hydrogen-bond donors (Lipinski definition) is 2. The number of nitrogen functional groups attached to an aromatic ring is 2. The number of hydrogen-bond acceptors (Lipinski definition) is 7. The van der Waals surface area contributed by atoms with Crippen LogP contribution in [0.15, 0.2) is 36.5 Å². The maximum absolute atomic E-state index is 14.2. The van der Waals surface area contributed by atoms with Crippen molar-refractivity contribution in [2.24, 2.45) is 0 Å². The molecule has 0 spiro atoms. The van der Waals surface area contributed by atoms with Crippen LogP contribution in [0.4, 0.5) is 20.4 Å². The van der Waals surface area contributed by atoms with Gasteiger partial charge in [0.25, 0.3) is 0 Å². The summed E-state index contributed by atoms with van der Waals surface area (Å²) in [5.74, 6) is -1.63. The molecular formula is C20H18F2N8. The summed E-state index contributed by atoms with van der Waals surface area (Å²) >= 11 is 0. The molecule has 8 nitrogen and oxygen atoms in total. The van der Waals surface area contributed by atoms with Crippen LogP contribution in [-0.2, 0) is 6.54 Å². The Morgan fingerprint density at radius 3 is 2.43 bits per heavy atom. The van der Waals surface area contributed by atoms with Gasteiger partial charge in [0.05, 0.1) is 23.8 Å². The lowest BCUT2D eigenvalue weighted by Crippen LogP contribution is -2.09. The number of nitriles is 1. The van der Waals surface area contributed by atoms with Crippen LogP contribution in [0.5, 0.6) is 0 Å². The molecule has 0 saturated heterocycles. The third kappa shape index (κ3) is 3.86. The maximum atomic E-state index is 14.2. The third-order valence-electron chi connectivity index (χ3n) is 4.09. The normalized spacial score (nSPS) is 10.4. The fourth-order valence-electron chi connectivity index (χ4n) is 2.84. The average Bonchev–Trinajstić information content (AvgIpc) is 3.14. The van der Waals surface area contributed by atoms with E-state index in [1.807, 2.05) is 19.9 Å². The summed E-state index contributed by atoms with van der Waals surface area (Å²) in [6.45, 7) is 3.78. The monoisotopic (exact) mass is 408 g/mol. The molecule has 0 aliphatic heterocycles. The Morgan fingerprint density at radius 1 is 1.07 bits per heavy atom. The van der Waals surface area contributed by atoms with E-state index >= 15 is 0 Å². The number of halogens is 2. The minimum Gasteiger partial charge on any atom is -0.399 e. The summed E-state index contributed by atoms with van der Waals surface area (Å²) in [7, 11) is 0. The molecule has 3 heterocycles. The standard InChI is InChI=1S/C18H12F2N8.C2H6/c19-13-4-9(22)5-14(20)12(13)8-28-17-11(7-24-28)16(26-18(23)27-17)15-3-1-2-10(6-21)25-15;1-2/h1-5,7H,8,22H2,(H2,23,26,27);1-2H3. The largest absolute Gasteiger partial charge is 0.399 e. The van der Waals surface area contributed by atoms with E-state index in [1.54, 1.807) is 18.2 Å². The molecule has 3 aromatic heterocycles. The molecule has 0 aliphatic rings. The van der Waals surface area contributed by atoms with Crippen LogP contribution in [0.25, 0.3) is 22.4 Å². The molecule has 0 fully saturated rings. The number of benzene rings is 1. The van der Waals surface area contributed by atoms with Crippen LogP contribution in [0.3, 0.4) is 0 Å². The Kier molecular flexibility index (Phi) is 5.83. The second kappa shape index (κ2) is 8.48. The first-order chi connectivity index (χ1) is 14.5. The van der Waals surface area contributed by atoms with Crippen LogP contribution in [-0.4, -0.2) is 24.7 Å². The fraction of sp³-hybridized carbons (Fsp3) is 0.150. The molecule has 0 unspecified atom stereocenters. The Labute approximate surface area is 170 Å². The SMILES string of the molecule is CC.N#Cc1cccc(-c2nc(N)nc3c2cnn3Cc2c(F)cc(N)cc2F)n1. The minimum absolute atomic E-state index is 0.0126. The van der Waals surface area contributed by atoms with Crippen LogP contribution in [0.1, 0.15) is 25.1 Å². The minimum atomic E-state index is -0.785. The second-order valence-corrected chi connectivity index (χ2v) is 5.95. The smallest absolute Gasteiger partial charge is 0.222 e. The van der Waals surface area contributed by atoms with E-state index in [-0.39, 0.29) is 35.1 Å². The van der Waals surface area contributed by atoms with E-state index in [0.29, 0.717) is 16.8 Å². The summed E-state index contributed by atoms with van der Waals surface area (Å²) in [5.41, 5.74) is 12.3. The number of anilines is 2. The van der Waals surface area contributed by atoms with Gasteiger partial charge in [0.15, 0.2) is 5.65 Å². The van der Waals surface area contributed by atoms with Crippen molar-refractivity contribution in [2.45, 2.75) is 20.4 Å². The highest BCUT2D eigenvalue weighted by molar-refractivity contribution is 5.90. The average molecular weight is 408 g/mol. The third-order valence-corrected chi connectivity index (χ3v) is 4.09. The van der Waals surface area contributed by atoms with Crippen molar-refractivity contribution >= 4 is 22.7 Å². The first kappa shape index (κ1) is 20.6. The van der Waals surface area contributed by atoms with Gasteiger partial charge in [-0.2, -0.15) is 15.3 Å². The highest BCUT2D eigenvalue weighted by atomic mass is 19.1. The van der Waals surface area contributed by atoms with Gasteiger partial charge in [-0.1, -0.05) is 19.9 Å². The predicted molar refractivity (Wildman–Crippen MR) is 109 cm³/mol. The summed E-state index contributed by atoms with van der Waals surface area (Å²) in [5, 5.41) is 13.7. The number of fused-ring (bicyclic) bond motifs is 1. The number of rotatable bonds is 3. The van der Waals surface area contributed by atoms with Crippen LogP contribution in [0, 0.1) is 23.0 Å². The molecule has 152 valence electrons. The lowest BCUT2D eigenvalue weighted by Gasteiger charge is -2.08. The zero-order chi connectivity index (χ0) is 21.8. The van der Waals surface area contributed by atoms with Crippen molar-refractivity contribution in [3.63, 3.8) is 0 Å². The molecule has 0 radical (unpaired) electrons. The molecule has 0 bridgehead atoms. The summed E-state index contributed by atoms with van der Waals surface area (Å²) < 4.78 is 29.6. The topological polar surface area (TPSA) is 132 Å². The van der Waals surface area contributed by atoms with E-state index < -0.39 is 11.6 Å². The molecule has 0 atom stereocenters. The van der Waals surface area contributed by atoms with Crippen molar-refractivity contribution in [1.82, 2.24) is 24.7 Å². The molecule has 4 rings (SSSR count). The summed E-state index contributed by atoms with van der Waals surface area (Å²) in [4.78, 5) is 12.5. The van der Waals surface area contributed by atoms with E-state index in [9.17, 15) is 8.78 Å². The van der Waals surface area contributed by atoms with Gasteiger partial charge in [0.2, 0.25) is 5.95 Å². The van der Waals surface area contributed by atoms with Gasteiger partial charge in [-0.05, 0) is 24.3 Å².